The molecule has 2 nitrogen and oxygen atoms in total. The maximum absolute atomic E-state index is 6.92. The van der Waals surface area contributed by atoms with Crippen LogP contribution in [-0.2, 0) is 0 Å². The molecule has 12 heavy (non-hydrogen) atoms. The second-order valence-electron chi connectivity index (χ2n) is 2.38. The molecule has 1 aromatic carbocycles. The van der Waals surface area contributed by atoms with Gasteiger partial charge in [0.15, 0.2) is 0 Å². The van der Waals surface area contributed by atoms with E-state index in [-0.39, 0.29) is 0 Å². The van der Waals surface area contributed by atoms with Crippen molar-refractivity contribution in [1.29, 1.82) is 0 Å². The molecule has 1 radical (unpaired) electrons. The zero-order valence-corrected chi connectivity index (χ0v) is 7.08. The second-order valence-corrected chi connectivity index (χ2v) is 2.38. The van der Waals surface area contributed by atoms with Gasteiger partial charge in [0.05, 0.1) is 7.11 Å². The molecule has 0 amide bonds. The smallest absolute Gasteiger partial charge is 0.118 e. The summed E-state index contributed by atoms with van der Waals surface area (Å²) < 4.78 is 5.01. The van der Waals surface area contributed by atoms with Crippen LogP contribution in [0.25, 0.3) is 6.08 Å². The fraction of sp³-hybridized carbons (Fsp3) is 0.200. The van der Waals surface area contributed by atoms with Crippen LogP contribution in [0.4, 0.5) is 0 Å². The SMILES string of the molecule is COc1ccc(C=CC[NH])cc1. The Balaban J connectivity index is 2.71. The lowest BCUT2D eigenvalue weighted by molar-refractivity contribution is 0.415. The fourth-order valence-electron chi connectivity index (χ4n) is 0.910. The molecule has 0 saturated heterocycles. The molecule has 0 unspecified atom stereocenters. The number of methoxy groups -OCH3 is 1. The molecular formula is C10H12NO. The molecule has 1 N–H and O–H groups in total. The minimum atomic E-state index is 0.325. The van der Waals surface area contributed by atoms with Crippen LogP contribution in [0.3, 0.4) is 0 Å². The number of hydrogen-bond acceptors (Lipinski definition) is 1. The van der Waals surface area contributed by atoms with Gasteiger partial charge in [0.25, 0.3) is 0 Å². The lowest BCUT2D eigenvalue weighted by Gasteiger charge is -1.98. The summed E-state index contributed by atoms with van der Waals surface area (Å²) in [6.45, 7) is 0.325. The van der Waals surface area contributed by atoms with Gasteiger partial charge in [-0.3, -0.25) is 5.73 Å². The average Bonchev–Trinajstić information content (AvgIpc) is 2.15. The molecule has 0 aliphatic rings. The van der Waals surface area contributed by atoms with E-state index in [9.17, 15) is 0 Å². The Kier molecular flexibility index (Phi) is 3.35. The molecule has 0 aliphatic heterocycles. The van der Waals surface area contributed by atoms with Crippen LogP contribution < -0.4 is 10.5 Å². The number of hydrogen-bond donors (Lipinski definition) is 0. The minimum Gasteiger partial charge on any atom is -0.497 e. The van der Waals surface area contributed by atoms with Gasteiger partial charge in [-0.05, 0) is 17.7 Å². The van der Waals surface area contributed by atoms with E-state index in [2.05, 4.69) is 0 Å². The maximum Gasteiger partial charge on any atom is 0.118 e. The molecular weight excluding hydrogens is 150 g/mol. The molecule has 0 aliphatic carbocycles. The lowest BCUT2D eigenvalue weighted by atomic mass is 10.2. The number of benzene rings is 1. The van der Waals surface area contributed by atoms with Gasteiger partial charge in [0.2, 0.25) is 0 Å². The highest BCUT2D eigenvalue weighted by Gasteiger charge is 1.88. The molecule has 0 atom stereocenters. The van der Waals surface area contributed by atoms with Crippen molar-refractivity contribution in [2.24, 2.45) is 0 Å². The molecule has 2 heteroatoms. The minimum absolute atomic E-state index is 0.325. The Hall–Kier alpha value is -1.28. The largest absolute Gasteiger partial charge is 0.497 e. The van der Waals surface area contributed by atoms with E-state index in [1.807, 2.05) is 36.4 Å². The maximum atomic E-state index is 6.92. The summed E-state index contributed by atoms with van der Waals surface area (Å²) in [4.78, 5) is 0. The topological polar surface area (TPSA) is 33.0 Å². The molecule has 0 bridgehead atoms. The van der Waals surface area contributed by atoms with Crippen LogP contribution in [0.5, 0.6) is 5.75 Å². The average molecular weight is 162 g/mol. The predicted molar refractivity (Wildman–Crippen MR) is 50.0 cm³/mol. The fourth-order valence-corrected chi connectivity index (χ4v) is 0.910. The first-order chi connectivity index (χ1) is 5.86. The van der Waals surface area contributed by atoms with Crippen molar-refractivity contribution in [3.8, 4) is 5.75 Å². The van der Waals surface area contributed by atoms with Crippen LogP contribution in [-0.4, -0.2) is 13.7 Å². The van der Waals surface area contributed by atoms with Crippen molar-refractivity contribution in [3.63, 3.8) is 0 Å². The van der Waals surface area contributed by atoms with Crippen molar-refractivity contribution in [2.45, 2.75) is 0 Å². The zero-order chi connectivity index (χ0) is 8.81. The van der Waals surface area contributed by atoms with Crippen molar-refractivity contribution >= 4 is 6.08 Å². The molecule has 0 heterocycles. The third-order valence-corrected chi connectivity index (χ3v) is 1.54. The summed E-state index contributed by atoms with van der Waals surface area (Å²) >= 11 is 0. The van der Waals surface area contributed by atoms with Gasteiger partial charge in [0, 0.05) is 6.54 Å². The van der Waals surface area contributed by atoms with Gasteiger partial charge in [0.1, 0.15) is 5.75 Å². The van der Waals surface area contributed by atoms with Crippen LogP contribution in [0.2, 0.25) is 0 Å². The lowest BCUT2D eigenvalue weighted by Crippen LogP contribution is -1.81. The Bertz CT molecular complexity index is 251. The molecule has 0 spiro atoms. The summed E-state index contributed by atoms with van der Waals surface area (Å²) in [5, 5.41) is 0. The highest BCUT2D eigenvalue weighted by molar-refractivity contribution is 5.50. The Labute approximate surface area is 72.7 Å². The normalized spacial score (nSPS) is 10.5. The van der Waals surface area contributed by atoms with Crippen molar-refractivity contribution in [3.05, 3.63) is 35.9 Å². The predicted octanol–water partition coefficient (Wildman–Crippen LogP) is 1.99. The van der Waals surface area contributed by atoms with Crippen molar-refractivity contribution < 1.29 is 4.74 Å². The molecule has 1 aromatic rings. The Morgan fingerprint density at radius 2 is 2.00 bits per heavy atom. The van der Waals surface area contributed by atoms with E-state index in [0.29, 0.717) is 6.54 Å². The van der Waals surface area contributed by atoms with Crippen LogP contribution in [0.15, 0.2) is 30.3 Å². The summed E-state index contributed by atoms with van der Waals surface area (Å²) in [7, 11) is 1.65. The Morgan fingerprint density at radius 3 is 2.50 bits per heavy atom. The molecule has 0 fully saturated rings. The highest BCUT2D eigenvalue weighted by atomic mass is 16.5. The summed E-state index contributed by atoms with van der Waals surface area (Å²) in [6.07, 6.45) is 3.73. The molecule has 63 valence electrons. The summed E-state index contributed by atoms with van der Waals surface area (Å²) in [6, 6.07) is 7.74. The van der Waals surface area contributed by atoms with Gasteiger partial charge in [-0.1, -0.05) is 24.3 Å². The first kappa shape index (κ1) is 8.81. The van der Waals surface area contributed by atoms with E-state index in [1.165, 1.54) is 0 Å². The van der Waals surface area contributed by atoms with E-state index in [4.69, 9.17) is 10.5 Å². The van der Waals surface area contributed by atoms with Crippen LogP contribution in [0, 0.1) is 0 Å². The first-order valence-corrected chi connectivity index (χ1v) is 3.82. The van der Waals surface area contributed by atoms with Gasteiger partial charge >= 0.3 is 0 Å². The van der Waals surface area contributed by atoms with Gasteiger partial charge in [-0.15, -0.1) is 0 Å². The zero-order valence-electron chi connectivity index (χ0n) is 7.08. The van der Waals surface area contributed by atoms with E-state index < -0.39 is 0 Å². The number of nitrogens with one attached hydrogen (secondary N) is 1. The number of rotatable bonds is 3. The first-order valence-electron chi connectivity index (χ1n) is 3.82. The number of ether oxygens (including phenoxy) is 1. The summed E-state index contributed by atoms with van der Waals surface area (Å²) in [5.74, 6) is 0.859. The Morgan fingerprint density at radius 1 is 1.33 bits per heavy atom. The quantitative estimate of drug-likeness (QED) is 0.669. The van der Waals surface area contributed by atoms with E-state index >= 15 is 0 Å². The van der Waals surface area contributed by atoms with Gasteiger partial charge in [-0.25, -0.2) is 0 Å². The molecule has 0 aromatic heterocycles. The van der Waals surface area contributed by atoms with Crippen LogP contribution >= 0.6 is 0 Å². The molecule has 0 saturated carbocycles. The second kappa shape index (κ2) is 4.57. The third kappa shape index (κ3) is 2.40. The van der Waals surface area contributed by atoms with Crippen molar-refractivity contribution in [2.75, 3.05) is 13.7 Å². The summed E-state index contributed by atoms with van der Waals surface area (Å²) in [5.41, 5.74) is 8.02. The van der Waals surface area contributed by atoms with Crippen LogP contribution in [0.1, 0.15) is 5.56 Å². The molecule has 1 rings (SSSR count). The van der Waals surface area contributed by atoms with Crippen molar-refractivity contribution in [1.82, 2.24) is 5.73 Å². The van der Waals surface area contributed by atoms with E-state index in [1.54, 1.807) is 7.11 Å². The van der Waals surface area contributed by atoms with E-state index in [0.717, 1.165) is 11.3 Å². The monoisotopic (exact) mass is 162 g/mol. The highest BCUT2D eigenvalue weighted by Crippen LogP contribution is 2.11. The van der Waals surface area contributed by atoms with Gasteiger partial charge < -0.3 is 4.74 Å². The standard InChI is InChI=1S/C10H12NO/c1-12-10-6-4-9(5-7-10)3-2-8-11/h2-7,11H,8H2,1H3. The van der Waals surface area contributed by atoms with Gasteiger partial charge in [-0.2, -0.15) is 0 Å². The third-order valence-electron chi connectivity index (χ3n) is 1.54.